The second kappa shape index (κ2) is 4.62. The summed E-state index contributed by atoms with van der Waals surface area (Å²) < 4.78 is 1.11. The average molecular weight is 268 g/mol. The van der Waals surface area contributed by atoms with E-state index in [1.54, 1.807) is 11.3 Å². The Labute approximate surface area is 95.9 Å². The fourth-order valence-electron chi connectivity index (χ4n) is 1.20. The van der Waals surface area contributed by atoms with E-state index in [-0.39, 0.29) is 0 Å². The third-order valence-electron chi connectivity index (χ3n) is 1.91. The van der Waals surface area contributed by atoms with E-state index >= 15 is 0 Å². The maximum absolute atomic E-state index is 3.50. The molecule has 2 aromatic rings. The van der Waals surface area contributed by atoms with Gasteiger partial charge in [0.15, 0.2) is 0 Å². The predicted molar refractivity (Wildman–Crippen MR) is 65.8 cm³/mol. The summed E-state index contributed by atoms with van der Waals surface area (Å²) in [6.45, 7) is 0.889. The Bertz CT molecular complexity index is 397. The summed E-state index contributed by atoms with van der Waals surface area (Å²) in [4.78, 5) is 1.35. The van der Waals surface area contributed by atoms with Crippen LogP contribution in [-0.2, 0) is 6.54 Å². The SMILES string of the molecule is Brc1ccccc1NCc1cccs1. The van der Waals surface area contributed by atoms with Crippen molar-refractivity contribution in [1.82, 2.24) is 0 Å². The first-order chi connectivity index (χ1) is 6.86. The number of hydrogen-bond acceptors (Lipinski definition) is 2. The fraction of sp³-hybridized carbons (Fsp3) is 0.0909. The first kappa shape index (κ1) is 9.74. The van der Waals surface area contributed by atoms with Crippen molar-refractivity contribution in [2.24, 2.45) is 0 Å². The van der Waals surface area contributed by atoms with Crippen LogP contribution in [0.5, 0.6) is 0 Å². The van der Waals surface area contributed by atoms with Crippen LogP contribution in [0.1, 0.15) is 4.88 Å². The van der Waals surface area contributed by atoms with E-state index in [1.807, 2.05) is 18.2 Å². The second-order valence-corrected chi connectivity index (χ2v) is 4.80. The van der Waals surface area contributed by atoms with Gasteiger partial charge < -0.3 is 5.32 Å². The van der Waals surface area contributed by atoms with Gasteiger partial charge in [0.1, 0.15) is 0 Å². The Morgan fingerprint density at radius 1 is 1.14 bits per heavy atom. The van der Waals surface area contributed by atoms with Crippen molar-refractivity contribution in [2.75, 3.05) is 5.32 Å². The first-order valence-electron chi connectivity index (χ1n) is 4.37. The molecule has 0 saturated carbocycles. The van der Waals surface area contributed by atoms with E-state index in [9.17, 15) is 0 Å². The van der Waals surface area contributed by atoms with Gasteiger partial charge in [-0.25, -0.2) is 0 Å². The fourth-order valence-corrected chi connectivity index (χ4v) is 2.27. The Morgan fingerprint density at radius 3 is 2.71 bits per heavy atom. The zero-order valence-corrected chi connectivity index (χ0v) is 9.94. The molecule has 0 atom stereocenters. The average Bonchev–Trinajstić information content (AvgIpc) is 2.69. The maximum atomic E-state index is 3.50. The highest BCUT2D eigenvalue weighted by molar-refractivity contribution is 9.10. The first-order valence-corrected chi connectivity index (χ1v) is 6.04. The molecule has 1 aromatic heterocycles. The van der Waals surface area contributed by atoms with Gasteiger partial charge in [0, 0.05) is 21.6 Å². The standard InChI is InChI=1S/C11H10BrNS/c12-10-5-1-2-6-11(10)13-8-9-4-3-7-14-9/h1-7,13H,8H2. The van der Waals surface area contributed by atoms with Gasteiger partial charge in [-0.3, -0.25) is 0 Å². The molecule has 2 rings (SSSR count). The molecular formula is C11H10BrNS. The van der Waals surface area contributed by atoms with Crippen LogP contribution in [0.25, 0.3) is 0 Å². The third-order valence-corrected chi connectivity index (χ3v) is 3.47. The van der Waals surface area contributed by atoms with Crippen LogP contribution in [0, 0.1) is 0 Å². The maximum Gasteiger partial charge on any atom is 0.0494 e. The van der Waals surface area contributed by atoms with Crippen molar-refractivity contribution in [2.45, 2.75) is 6.54 Å². The highest BCUT2D eigenvalue weighted by Crippen LogP contribution is 2.22. The highest BCUT2D eigenvalue weighted by atomic mass is 79.9. The molecule has 0 aliphatic rings. The highest BCUT2D eigenvalue weighted by Gasteiger charge is 1.97. The summed E-state index contributed by atoms with van der Waals surface area (Å²) in [5.74, 6) is 0. The summed E-state index contributed by atoms with van der Waals surface area (Å²) >= 11 is 5.27. The number of para-hydroxylation sites is 1. The van der Waals surface area contributed by atoms with E-state index in [1.165, 1.54) is 4.88 Å². The Morgan fingerprint density at radius 2 is 2.00 bits per heavy atom. The number of hydrogen-bond donors (Lipinski definition) is 1. The van der Waals surface area contributed by atoms with Crippen molar-refractivity contribution in [1.29, 1.82) is 0 Å². The molecule has 72 valence electrons. The Hall–Kier alpha value is -0.800. The van der Waals surface area contributed by atoms with Crippen LogP contribution < -0.4 is 5.32 Å². The van der Waals surface area contributed by atoms with Gasteiger partial charge >= 0.3 is 0 Å². The van der Waals surface area contributed by atoms with Crippen LogP contribution in [0.2, 0.25) is 0 Å². The molecule has 1 nitrogen and oxygen atoms in total. The van der Waals surface area contributed by atoms with E-state index in [0.29, 0.717) is 0 Å². The van der Waals surface area contributed by atoms with Crippen molar-refractivity contribution in [3.63, 3.8) is 0 Å². The lowest BCUT2D eigenvalue weighted by Gasteiger charge is -2.06. The normalized spacial score (nSPS) is 10.1. The second-order valence-electron chi connectivity index (χ2n) is 2.91. The Kier molecular flexibility index (Phi) is 3.22. The van der Waals surface area contributed by atoms with Crippen molar-refractivity contribution >= 4 is 33.0 Å². The molecule has 0 aliphatic carbocycles. The lowest BCUT2D eigenvalue weighted by Crippen LogP contribution is -1.97. The van der Waals surface area contributed by atoms with Crippen LogP contribution in [0.4, 0.5) is 5.69 Å². The number of anilines is 1. The topological polar surface area (TPSA) is 12.0 Å². The molecule has 0 unspecified atom stereocenters. The van der Waals surface area contributed by atoms with E-state index < -0.39 is 0 Å². The monoisotopic (exact) mass is 267 g/mol. The number of benzene rings is 1. The lowest BCUT2D eigenvalue weighted by atomic mass is 10.3. The molecule has 0 fully saturated rings. The van der Waals surface area contributed by atoms with Gasteiger partial charge in [-0.2, -0.15) is 0 Å². The zero-order chi connectivity index (χ0) is 9.80. The minimum Gasteiger partial charge on any atom is -0.379 e. The quantitative estimate of drug-likeness (QED) is 0.882. The van der Waals surface area contributed by atoms with Gasteiger partial charge in [-0.05, 0) is 39.5 Å². The van der Waals surface area contributed by atoms with E-state index in [2.05, 4.69) is 44.8 Å². The van der Waals surface area contributed by atoms with Crippen molar-refractivity contribution in [3.8, 4) is 0 Å². The van der Waals surface area contributed by atoms with Gasteiger partial charge in [0.25, 0.3) is 0 Å². The molecule has 0 spiro atoms. The summed E-state index contributed by atoms with van der Waals surface area (Å²) in [6.07, 6.45) is 0. The number of rotatable bonds is 3. The largest absolute Gasteiger partial charge is 0.379 e. The third kappa shape index (κ3) is 2.36. The van der Waals surface area contributed by atoms with Gasteiger partial charge in [0.2, 0.25) is 0 Å². The number of thiophene rings is 1. The number of nitrogens with one attached hydrogen (secondary N) is 1. The van der Waals surface area contributed by atoms with Crippen LogP contribution in [0.3, 0.4) is 0 Å². The Balaban J connectivity index is 2.02. The lowest BCUT2D eigenvalue weighted by molar-refractivity contribution is 1.19. The van der Waals surface area contributed by atoms with E-state index in [4.69, 9.17) is 0 Å². The van der Waals surface area contributed by atoms with E-state index in [0.717, 1.165) is 16.7 Å². The van der Waals surface area contributed by atoms with Crippen molar-refractivity contribution < 1.29 is 0 Å². The van der Waals surface area contributed by atoms with Crippen LogP contribution >= 0.6 is 27.3 Å². The minimum atomic E-state index is 0.889. The summed E-state index contributed by atoms with van der Waals surface area (Å²) in [5, 5.41) is 5.47. The molecule has 1 heterocycles. The molecule has 0 saturated heterocycles. The summed E-state index contributed by atoms with van der Waals surface area (Å²) in [7, 11) is 0. The van der Waals surface area contributed by atoms with Crippen molar-refractivity contribution in [3.05, 3.63) is 51.1 Å². The molecule has 1 aromatic carbocycles. The molecule has 0 bridgehead atoms. The van der Waals surface area contributed by atoms with Crippen LogP contribution in [-0.4, -0.2) is 0 Å². The van der Waals surface area contributed by atoms with Gasteiger partial charge in [-0.1, -0.05) is 18.2 Å². The summed E-state index contributed by atoms with van der Waals surface area (Å²) in [6, 6.07) is 12.4. The molecule has 14 heavy (non-hydrogen) atoms. The summed E-state index contributed by atoms with van der Waals surface area (Å²) in [5.41, 5.74) is 1.14. The number of halogens is 1. The van der Waals surface area contributed by atoms with Gasteiger partial charge in [0.05, 0.1) is 0 Å². The van der Waals surface area contributed by atoms with Crippen LogP contribution in [0.15, 0.2) is 46.3 Å². The molecule has 0 amide bonds. The zero-order valence-electron chi connectivity index (χ0n) is 7.53. The molecule has 1 N–H and O–H groups in total. The smallest absolute Gasteiger partial charge is 0.0494 e. The molecule has 0 radical (unpaired) electrons. The molecule has 3 heteroatoms. The molecular weight excluding hydrogens is 258 g/mol. The molecule has 0 aliphatic heterocycles. The van der Waals surface area contributed by atoms with Gasteiger partial charge in [-0.15, -0.1) is 11.3 Å². The minimum absolute atomic E-state index is 0.889. The predicted octanol–water partition coefficient (Wildman–Crippen LogP) is 4.12.